The van der Waals surface area contributed by atoms with Gasteiger partial charge in [-0.3, -0.25) is 0 Å². The second-order valence-corrected chi connectivity index (χ2v) is 4.98. The molecule has 2 aromatic carbocycles. The van der Waals surface area contributed by atoms with Crippen LogP contribution in [0.4, 0.5) is 4.39 Å². The summed E-state index contributed by atoms with van der Waals surface area (Å²) in [7, 11) is 0. The quantitative estimate of drug-likeness (QED) is 0.929. The number of hydrogen-bond acceptors (Lipinski definition) is 3. The van der Waals surface area contributed by atoms with Gasteiger partial charge in [0.05, 0.1) is 22.7 Å². The van der Waals surface area contributed by atoms with Gasteiger partial charge >= 0.3 is 0 Å². The van der Waals surface area contributed by atoms with E-state index in [4.69, 9.17) is 15.1 Å². The van der Waals surface area contributed by atoms with Gasteiger partial charge in [0.2, 0.25) is 0 Å². The van der Waals surface area contributed by atoms with Crippen molar-refractivity contribution in [3.63, 3.8) is 0 Å². The van der Waals surface area contributed by atoms with Crippen LogP contribution in [-0.2, 0) is 13.2 Å². The van der Waals surface area contributed by atoms with E-state index in [9.17, 15) is 4.39 Å². The number of nitrogens with zero attached hydrogens (tertiary/aromatic N) is 1. The molecule has 2 aromatic rings. The maximum atomic E-state index is 13.2. The van der Waals surface area contributed by atoms with E-state index in [0.29, 0.717) is 21.3 Å². The van der Waals surface area contributed by atoms with E-state index in [0.717, 1.165) is 5.56 Å². The van der Waals surface area contributed by atoms with E-state index in [2.05, 4.69) is 15.9 Å². The van der Waals surface area contributed by atoms with Crippen molar-refractivity contribution in [3.8, 4) is 11.8 Å². The Morgan fingerprint density at radius 3 is 2.70 bits per heavy atom. The van der Waals surface area contributed by atoms with E-state index in [1.54, 1.807) is 18.2 Å². The monoisotopic (exact) mass is 335 g/mol. The summed E-state index contributed by atoms with van der Waals surface area (Å²) in [4.78, 5) is 0. The van der Waals surface area contributed by atoms with Crippen LogP contribution in [0.1, 0.15) is 16.7 Å². The maximum absolute atomic E-state index is 13.2. The number of ether oxygens (including phenoxy) is 1. The van der Waals surface area contributed by atoms with Crippen LogP contribution in [0.5, 0.6) is 5.75 Å². The van der Waals surface area contributed by atoms with Gasteiger partial charge in [0.15, 0.2) is 0 Å². The molecule has 0 heterocycles. The molecular formula is C15H11BrFNO2. The lowest BCUT2D eigenvalue weighted by Gasteiger charge is -2.10. The van der Waals surface area contributed by atoms with Crippen LogP contribution >= 0.6 is 15.9 Å². The molecule has 0 saturated carbocycles. The van der Waals surface area contributed by atoms with Gasteiger partial charge in [-0.15, -0.1) is 0 Å². The Balaban J connectivity index is 2.17. The van der Waals surface area contributed by atoms with Crippen molar-refractivity contribution in [1.82, 2.24) is 0 Å². The number of rotatable bonds is 4. The molecule has 0 atom stereocenters. The summed E-state index contributed by atoms with van der Waals surface area (Å²) < 4.78 is 19.5. The Kier molecular flexibility index (Phi) is 4.72. The third kappa shape index (κ3) is 3.35. The molecule has 3 nitrogen and oxygen atoms in total. The minimum Gasteiger partial charge on any atom is -0.488 e. The van der Waals surface area contributed by atoms with Gasteiger partial charge in [-0.1, -0.05) is 6.07 Å². The number of benzene rings is 2. The number of halogens is 2. The predicted octanol–water partition coefficient (Wildman–Crippen LogP) is 3.53. The highest BCUT2D eigenvalue weighted by Gasteiger charge is 2.07. The normalized spacial score (nSPS) is 10.1. The number of aliphatic hydroxyl groups is 1. The summed E-state index contributed by atoms with van der Waals surface area (Å²) >= 11 is 3.34. The molecule has 0 unspecified atom stereocenters. The van der Waals surface area contributed by atoms with Crippen LogP contribution in [-0.4, -0.2) is 5.11 Å². The van der Waals surface area contributed by atoms with Crippen LogP contribution in [0.2, 0.25) is 0 Å². The molecule has 102 valence electrons. The van der Waals surface area contributed by atoms with Gasteiger partial charge < -0.3 is 9.84 Å². The maximum Gasteiger partial charge on any atom is 0.134 e. The van der Waals surface area contributed by atoms with E-state index < -0.39 is 5.82 Å². The van der Waals surface area contributed by atoms with E-state index in [-0.39, 0.29) is 13.2 Å². The molecule has 20 heavy (non-hydrogen) atoms. The van der Waals surface area contributed by atoms with Crippen molar-refractivity contribution >= 4 is 15.9 Å². The lowest BCUT2D eigenvalue weighted by Crippen LogP contribution is -2.00. The fourth-order valence-electron chi connectivity index (χ4n) is 1.71. The molecule has 0 amide bonds. The lowest BCUT2D eigenvalue weighted by atomic mass is 10.1. The van der Waals surface area contributed by atoms with Gasteiger partial charge in [-0.25, -0.2) is 4.39 Å². The third-order valence-corrected chi connectivity index (χ3v) is 3.37. The van der Waals surface area contributed by atoms with Crippen molar-refractivity contribution < 1.29 is 14.2 Å². The first kappa shape index (κ1) is 14.5. The molecule has 0 aromatic heterocycles. The van der Waals surface area contributed by atoms with Crippen LogP contribution in [0.25, 0.3) is 0 Å². The number of hydrogen-bond donors (Lipinski definition) is 1. The van der Waals surface area contributed by atoms with Crippen molar-refractivity contribution in [1.29, 1.82) is 5.26 Å². The lowest BCUT2D eigenvalue weighted by molar-refractivity contribution is 0.280. The second-order valence-electron chi connectivity index (χ2n) is 4.12. The minimum atomic E-state index is -0.405. The highest BCUT2D eigenvalue weighted by Crippen LogP contribution is 2.27. The molecule has 0 bridgehead atoms. The Morgan fingerprint density at radius 2 is 2.05 bits per heavy atom. The summed E-state index contributed by atoms with van der Waals surface area (Å²) in [5.74, 6) is 0.160. The van der Waals surface area contributed by atoms with Crippen LogP contribution in [0, 0.1) is 17.1 Å². The zero-order chi connectivity index (χ0) is 14.5. The minimum absolute atomic E-state index is 0.0542. The topological polar surface area (TPSA) is 53.2 Å². The average Bonchev–Trinajstić information content (AvgIpc) is 2.46. The van der Waals surface area contributed by atoms with Crippen molar-refractivity contribution in [2.24, 2.45) is 0 Å². The van der Waals surface area contributed by atoms with Crippen LogP contribution < -0.4 is 4.74 Å². The molecule has 0 aliphatic heterocycles. The van der Waals surface area contributed by atoms with Crippen molar-refractivity contribution in [2.45, 2.75) is 13.2 Å². The molecule has 5 heteroatoms. The molecule has 0 spiro atoms. The Labute approximate surface area is 124 Å². The van der Waals surface area contributed by atoms with Crippen molar-refractivity contribution in [2.75, 3.05) is 0 Å². The first-order chi connectivity index (χ1) is 9.63. The van der Waals surface area contributed by atoms with Gasteiger partial charge in [0.1, 0.15) is 18.2 Å². The standard InChI is InChI=1S/C15H11BrFNO2/c16-14-5-10(8-19)1-4-15(14)20-9-12-6-13(17)3-2-11(12)7-18/h1-6,19H,8-9H2. The molecule has 2 rings (SSSR count). The largest absolute Gasteiger partial charge is 0.488 e. The number of aliphatic hydroxyl groups excluding tert-OH is 1. The first-order valence-electron chi connectivity index (χ1n) is 5.84. The summed E-state index contributed by atoms with van der Waals surface area (Å²) in [6.45, 7) is 0.0408. The van der Waals surface area contributed by atoms with Crippen LogP contribution in [0.15, 0.2) is 40.9 Å². The second kappa shape index (κ2) is 6.51. The summed E-state index contributed by atoms with van der Waals surface area (Å²) in [5.41, 5.74) is 1.63. The Morgan fingerprint density at radius 1 is 1.25 bits per heavy atom. The first-order valence-corrected chi connectivity index (χ1v) is 6.64. The molecule has 0 aliphatic rings. The van der Waals surface area contributed by atoms with Crippen LogP contribution in [0.3, 0.4) is 0 Å². The Hall–Kier alpha value is -1.90. The summed E-state index contributed by atoms with van der Waals surface area (Å²) in [5, 5.41) is 18.0. The zero-order valence-electron chi connectivity index (χ0n) is 10.4. The smallest absolute Gasteiger partial charge is 0.134 e. The van der Waals surface area contributed by atoms with E-state index in [1.165, 1.54) is 18.2 Å². The summed E-state index contributed by atoms with van der Waals surface area (Å²) in [6, 6.07) is 11.1. The fraction of sp³-hybridized carbons (Fsp3) is 0.133. The van der Waals surface area contributed by atoms with Crippen molar-refractivity contribution in [3.05, 3.63) is 63.4 Å². The molecular weight excluding hydrogens is 325 g/mol. The van der Waals surface area contributed by atoms with Gasteiger partial charge in [0.25, 0.3) is 0 Å². The molecule has 0 radical (unpaired) electrons. The predicted molar refractivity (Wildman–Crippen MR) is 75.5 cm³/mol. The fourth-order valence-corrected chi connectivity index (χ4v) is 2.25. The van der Waals surface area contributed by atoms with Gasteiger partial charge in [-0.05, 0) is 51.8 Å². The van der Waals surface area contributed by atoms with E-state index in [1.807, 2.05) is 6.07 Å². The molecule has 0 fully saturated rings. The third-order valence-electron chi connectivity index (χ3n) is 2.75. The Bertz CT molecular complexity index is 667. The zero-order valence-corrected chi connectivity index (χ0v) is 12.0. The summed E-state index contributed by atoms with van der Waals surface area (Å²) in [6.07, 6.45) is 0. The highest BCUT2D eigenvalue weighted by atomic mass is 79.9. The highest BCUT2D eigenvalue weighted by molar-refractivity contribution is 9.10. The molecule has 0 saturated heterocycles. The van der Waals surface area contributed by atoms with Gasteiger partial charge in [-0.2, -0.15) is 5.26 Å². The average molecular weight is 336 g/mol. The van der Waals surface area contributed by atoms with Gasteiger partial charge in [0, 0.05) is 5.56 Å². The number of nitriles is 1. The molecule has 1 N–H and O–H groups in total. The van der Waals surface area contributed by atoms with E-state index >= 15 is 0 Å². The SMILES string of the molecule is N#Cc1ccc(F)cc1COc1ccc(CO)cc1Br. The molecule has 0 aliphatic carbocycles.